The van der Waals surface area contributed by atoms with Gasteiger partial charge in [-0.3, -0.25) is 9.59 Å². The Hall–Kier alpha value is -2.64. The molecular formula is C25H27N3O2S2. The fourth-order valence-corrected chi connectivity index (χ4v) is 5.60. The quantitative estimate of drug-likeness (QED) is 0.497. The maximum absolute atomic E-state index is 12.5. The van der Waals surface area contributed by atoms with Gasteiger partial charge in [0.05, 0.1) is 22.1 Å². The van der Waals surface area contributed by atoms with Gasteiger partial charge in [0.15, 0.2) is 5.13 Å². The molecule has 1 aliphatic rings. The second-order valence-corrected chi connectivity index (χ2v) is 9.89. The first-order chi connectivity index (χ1) is 15.6. The summed E-state index contributed by atoms with van der Waals surface area (Å²) < 4.78 is 0. The van der Waals surface area contributed by atoms with Crippen LogP contribution in [-0.2, 0) is 9.59 Å². The number of carbonyl (C=O) groups excluding carboxylic acids is 2. The van der Waals surface area contributed by atoms with Crippen molar-refractivity contribution in [1.29, 1.82) is 0 Å². The Bertz CT molecular complexity index is 997. The number of thioether (sulfide) groups is 1. The number of aromatic nitrogens is 1. The van der Waals surface area contributed by atoms with Crippen LogP contribution in [0.3, 0.4) is 0 Å². The number of nitrogens with one attached hydrogen (secondary N) is 1. The Morgan fingerprint density at radius 1 is 1.03 bits per heavy atom. The SMILES string of the molecule is CC1CCCCN1C(=O)CSCC(=O)Nc1nc(-c2ccccc2)c(-c2ccccc2)s1. The molecule has 1 fully saturated rings. The molecular weight excluding hydrogens is 438 g/mol. The van der Waals surface area contributed by atoms with Gasteiger partial charge in [0, 0.05) is 18.2 Å². The van der Waals surface area contributed by atoms with E-state index in [0.717, 1.165) is 41.1 Å². The smallest absolute Gasteiger partial charge is 0.236 e. The average molecular weight is 466 g/mol. The molecule has 0 aliphatic carbocycles. The van der Waals surface area contributed by atoms with Gasteiger partial charge in [0.2, 0.25) is 11.8 Å². The van der Waals surface area contributed by atoms with Crippen molar-refractivity contribution in [3.05, 3.63) is 60.7 Å². The molecule has 1 atom stereocenters. The van der Waals surface area contributed by atoms with E-state index in [-0.39, 0.29) is 17.6 Å². The van der Waals surface area contributed by atoms with E-state index in [2.05, 4.69) is 24.4 Å². The molecule has 0 saturated carbocycles. The Balaban J connectivity index is 1.40. The lowest BCUT2D eigenvalue weighted by atomic mass is 10.0. The summed E-state index contributed by atoms with van der Waals surface area (Å²) >= 11 is 2.83. The molecule has 2 amide bonds. The van der Waals surface area contributed by atoms with Crippen LogP contribution in [0.1, 0.15) is 26.2 Å². The van der Waals surface area contributed by atoms with Crippen LogP contribution >= 0.6 is 23.1 Å². The number of likely N-dealkylation sites (tertiary alicyclic amines) is 1. The van der Waals surface area contributed by atoms with Crippen molar-refractivity contribution in [2.24, 2.45) is 0 Å². The molecule has 0 bridgehead atoms. The van der Waals surface area contributed by atoms with Crippen LogP contribution in [0.5, 0.6) is 0 Å². The molecule has 166 valence electrons. The van der Waals surface area contributed by atoms with Gasteiger partial charge in [-0.15, -0.1) is 11.8 Å². The number of thiazole rings is 1. The predicted molar refractivity (Wildman–Crippen MR) is 134 cm³/mol. The molecule has 32 heavy (non-hydrogen) atoms. The van der Waals surface area contributed by atoms with Crippen molar-refractivity contribution < 1.29 is 9.59 Å². The highest BCUT2D eigenvalue weighted by Gasteiger charge is 2.23. The summed E-state index contributed by atoms with van der Waals surface area (Å²) in [6.07, 6.45) is 3.32. The normalized spacial score (nSPS) is 16.0. The summed E-state index contributed by atoms with van der Waals surface area (Å²) in [5, 5.41) is 3.50. The van der Waals surface area contributed by atoms with Crippen molar-refractivity contribution in [2.75, 3.05) is 23.4 Å². The first-order valence-corrected chi connectivity index (χ1v) is 12.9. The minimum absolute atomic E-state index is 0.127. The second kappa shape index (κ2) is 10.8. The average Bonchev–Trinajstić information content (AvgIpc) is 3.24. The number of piperidine rings is 1. The van der Waals surface area contributed by atoms with E-state index in [1.165, 1.54) is 29.5 Å². The minimum Gasteiger partial charge on any atom is -0.339 e. The van der Waals surface area contributed by atoms with Gasteiger partial charge in [-0.1, -0.05) is 72.0 Å². The molecule has 0 spiro atoms. The Kier molecular flexibility index (Phi) is 7.60. The van der Waals surface area contributed by atoms with Crippen molar-refractivity contribution in [3.8, 4) is 21.7 Å². The molecule has 2 heterocycles. The van der Waals surface area contributed by atoms with Gasteiger partial charge in [-0.2, -0.15) is 0 Å². The van der Waals surface area contributed by atoms with Gasteiger partial charge >= 0.3 is 0 Å². The van der Waals surface area contributed by atoms with Crippen LogP contribution in [0, 0.1) is 0 Å². The fourth-order valence-electron chi connectivity index (χ4n) is 3.89. The molecule has 7 heteroatoms. The molecule has 4 rings (SSSR count). The molecule has 5 nitrogen and oxygen atoms in total. The highest BCUT2D eigenvalue weighted by Crippen LogP contribution is 2.38. The van der Waals surface area contributed by atoms with Crippen molar-refractivity contribution in [2.45, 2.75) is 32.2 Å². The number of nitrogens with zero attached hydrogens (tertiary/aromatic N) is 2. The number of carbonyl (C=O) groups is 2. The highest BCUT2D eigenvalue weighted by atomic mass is 32.2. The van der Waals surface area contributed by atoms with Crippen LogP contribution in [-0.4, -0.2) is 45.8 Å². The molecule has 1 aromatic heterocycles. The summed E-state index contributed by atoms with van der Waals surface area (Å²) in [5.74, 6) is 0.555. The molecule has 3 aromatic rings. The summed E-state index contributed by atoms with van der Waals surface area (Å²) in [6, 6.07) is 20.4. The third-order valence-electron chi connectivity index (χ3n) is 5.54. The predicted octanol–water partition coefficient (Wildman–Crippen LogP) is 5.55. The monoisotopic (exact) mass is 465 g/mol. The Labute approximate surface area is 197 Å². The van der Waals surface area contributed by atoms with Gasteiger partial charge in [-0.25, -0.2) is 4.98 Å². The summed E-state index contributed by atoms with van der Waals surface area (Å²) in [5.41, 5.74) is 2.94. The molecule has 1 saturated heterocycles. The molecule has 2 aromatic carbocycles. The van der Waals surface area contributed by atoms with Crippen molar-refractivity contribution in [1.82, 2.24) is 9.88 Å². The van der Waals surface area contributed by atoms with E-state index in [4.69, 9.17) is 4.98 Å². The van der Waals surface area contributed by atoms with Crippen molar-refractivity contribution in [3.63, 3.8) is 0 Å². The summed E-state index contributed by atoms with van der Waals surface area (Å²) in [6.45, 7) is 2.93. The number of anilines is 1. The Morgan fingerprint density at radius 2 is 1.72 bits per heavy atom. The summed E-state index contributed by atoms with van der Waals surface area (Å²) in [7, 11) is 0. The molecule has 0 radical (unpaired) electrons. The van der Waals surface area contributed by atoms with E-state index >= 15 is 0 Å². The first-order valence-electron chi connectivity index (χ1n) is 10.9. The maximum Gasteiger partial charge on any atom is 0.236 e. The highest BCUT2D eigenvalue weighted by molar-refractivity contribution is 8.00. The lowest BCUT2D eigenvalue weighted by Gasteiger charge is -2.33. The Morgan fingerprint density at radius 3 is 2.41 bits per heavy atom. The van der Waals surface area contributed by atoms with Crippen LogP contribution in [0.25, 0.3) is 21.7 Å². The van der Waals surface area contributed by atoms with Crippen LogP contribution in [0.15, 0.2) is 60.7 Å². The lowest BCUT2D eigenvalue weighted by Crippen LogP contribution is -2.43. The maximum atomic E-state index is 12.5. The van der Waals surface area contributed by atoms with E-state index in [1.54, 1.807) is 0 Å². The number of hydrogen-bond donors (Lipinski definition) is 1. The zero-order valence-electron chi connectivity index (χ0n) is 18.1. The molecule has 1 unspecified atom stereocenters. The second-order valence-electron chi connectivity index (χ2n) is 7.90. The zero-order valence-corrected chi connectivity index (χ0v) is 19.8. The van der Waals surface area contributed by atoms with Gasteiger partial charge in [0.1, 0.15) is 0 Å². The van der Waals surface area contributed by atoms with Crippen molar-refractivity contribution >= 4 is 40.0 Å². The zero-order chi connectivity index (χ0) is 22.3. The lowest BCUT2D eigenvalue weighted by molar-refractivity contribution is -0.131. The van der Waals surface area contributed by atoms with Gasteiger partial charge in [0.25, 0.3) is 0 Å². The third kappa shape index (κ3) is 5.58. The van der Waals surface area contributed by atoms with E-state index in [1.807, 2.05) is 53.4 Å². The van der Waals surface area contributed by atoms with Gasteiger partial charge < -0.3 is 10.2 Å². The van der Waals surface area contributed by atoms with E-state index < -0.39 is 0 Å². The largest absolute Gasteiger partial charge is 0.339 e. The van der Waals surface area contributed by atoms with Gasteiger partial charge in [-0.05, 0) is 31.7 Å². The number of amides is 2. The van der Waals surface area contributed by atoms with Crippen LogP contribution < -0.4 is 5.32 Å². The number of rotatable bonds is 7. The van der Waals surface area contributed by atoms with Crippen LogP contribution in [0.4, 0.5) is 5.13 Å². The van der Waals surface area contributed by atoms with Crippen LogP contribution in [0.2, 0.25) is 0 Å². The number of hydrogen-bond acceptors (Lipinski definition) is 5. The third-order valence-corrected chi connectivity index (χ3v) is 7.48. The standard InChI is InChI=1S/C25H27N3O2S2/c1-18-10-8-9-15-28(18)22(30)17-31-16-21(29)26-25-27-23(19-11-4-2-5-12-19)24(32-25)20-13-6-3-7-14-20/h2-7,11-14,18H,8-10,15-17H2,1H3,(H,26,27,29). The van der Waals surface area contributed by atoms with E-state index in [0.29, 0.717) is 16.9 Å². The molecule has 1 aliphatic heterocycles. The molecule has 1 N–H and O–H groups in total. The number of benzene rings is 2. The van der Waals surface area contributed by atoms with E-state index in [9.17, 15) is 9.59 Å². The topological polar surface area (TPSA) is 62.3 Å². The fraction of sp³-hybridized carbons (Fsp3) is 0.320. The summed E-state index contributed by atoms with van der Waals surface area (Å²) in [4.78, 5) is 32.7. The first kappa shape index (κ1) is 22.6. The minimum atomic E-state index is -0.137.